The first-order chi connectivity index (χ1) is 27.2. The van der Waals surface area contributed by atoms with E-state index in [2.05, 4.69) is 54.1 Å². The number of hydrogen-bond donors (Lipinski definition) is 6. The average Bonchev–Trinajstić information content (AvgIpc) is 3.23. The number of aromatic nitrogens is 4. The molecule has 56 heavy (non-hydrogen) atoms. The van der Waals surface area contributed by atoms with Crippen LogP contribution >= 0.6 is 15.9 Å². The van der Waals surface area contributed by atoms with E-state index in [0.717, 1.165) is 41.5 Å². The van der Waals surface area contributed by atoms with Gasteiger partial charge in [-0.25, -0.2) is 19.9 Å². The summed E-state index contributed by atoms with van der Waals surface area (Å²) in [5.41, 5.74) is 27.8. The molecule has 0 bridgehead atoms. The lowest BCUT2D eigenvalue weighted by atomic mass is 9.74. The maximum atomic E-state index is 8.66. The van der Waals surface area contributed by atoms with Crippen LogP contribution in [0, 0.1) is 0 Å². The van der Waals surface area contributed by atoms with E-state index in [1.165, 1.54) is 107 Å². The first kappa shape index (κ1) is 44.5. The van der Waals surface area contributed by atoms with E-state index in [9.17, 15) is 0 Å². The van der Waals surface area contributed by atoms with E-state index >= 15 is 0 Å². The maximum Gasteiger partial charge on any atom is 0.483 e. The third kappa shape index (κ3) is 16.9. The Morgan fingerprint density at radius 1 is 0.500 bits per heavy atom. The SMILES string of the molecule is Nc1cccc(Br)n1.Nc1cccc(C2=CCCCC2)n1.Nc1cccc(C2CCCCC2)n1.Nc1cccc(C2CCCCC2)n1.OB(O)C1=CCCCC1. The van der Waals surface area contributed by atoms with Gasteiger partial charge in [0.1, 0.15) is 27.9 Å². The number of nitrogen functional groups attached to an aromatic ring is 4. The Bertz CT molecular complexity index is 1720. The molecule has 4 aliphatic rings. The molecule has 4 aromatic rings. The predicted molar refractivity (Wildman–Crippen MR) is 237 cm³/mol. The molecule has 0 aromatic carbocycles. The molecule has 0 atom stereocenters. The quantitative estimate of drug-likeness (QED) is 0.0851. The van der Waals surface area contributed by atoms with Crippen LogP contribution < -0.4 is 22.9 Å². The second-order valence-electron chi connectivity index (χ2n) is 14.9. The second kappa shape index (κ2) is 25.1. The summed E-state index contributed by atoms with van der Waals surface area (Å²) in [5, 5.41) is 17.3. The second-order valence-corrected chi connectivity index (χ2v) is 15.7. The van der Waals surface area contributed by atoms with E-state index < -0.39 is 7.12 Å². The molecule has 0 saturated heterocycles. The van der Waals surface area contributed by atoms with Crippen LogP contribution in [-0.2, 0) is 0 Å². The standard InChI is InChI=1S/2C11H16N2.C11H14N2.C6H11BO2.C5H5BrN2/c3*12-11-8-4-7-10(13-11)9-5-2-1-3-6-9;8-7(9)6-4-2-1-3-5-6;6-4-2-1-3-5(7)8-4/h2*4,7-9H,1-3,5-6H2,(H2,12,13);4-5,7-8H,1-3,6H2,(H2,12,13);4,8-9H,1-3,5H2;1-3H,(H2,7,8). The van der Waals surface area contributed by atoms with Crippen LogP contribution in [0.25, 0.3) is 5.57 Å². The van der Waals surface area contributed by atoms with Crippen molar-refractivity contribution < 1.29 is 10.0 Å². The summed E-state index contributed by atoms with van der Waals surface area (Å²) in [6.45, 7) is 0. The summed E-state index contributed by atoms with van der Waals surface area (Å²) in [6, 6.07) is 23.2. The highest BCUT2D eigenvalue weighted by molar-refractivity contribution is 9.10. The number of allylic oxidation sites excluding steroid dienone is 4. The molecule has 0 unspecified atom stereocenters. The summed E-state index contributed by atoms with van der Waals surface area (Å²) in [4.78, 5) is 16.9. The molecule has 4 aliphatic carbocycles. The Kier molecular flexibility index (Phi) is 19.9. The monoisotopic (exact) mass is 824 g/mol. The van der Waals surface area contributed by atoms with Crippen molar-refractivity contribution in [2.75, 3.05) is 22.9 Å². The van der Waals surface area contributed by atoms with Crippen LogP contribution in [0.15, 0.2) is 95.0 Å². The van der Waals surface area contributed by atoms with Gasteiger partial charge in [0.25, 0.3) is 0 Å². The smallest absolute Gasteiger partial charge is 0.423 e. The van der Waals surface area contributed by atoms with Crippen LogP contribution in [0.2, 0.25) is 0 Å². The lowest BCUT2D eigenvalue weighted by molar-refractivity contribution is 0.414. The Hall–Kier alpha value is -4.26. The fourth-order valence-electron chi connectivity index (χ4n) is 7.41. The van der Waals surface area contributed by atoms with Gasteiger partial charge in [0.2, 0.25) is 0 Å². The van der Waals surface area contributed by atoms with Gasteiger partial charge >= 0.3 is 7.12 Å². The minimum atomic E-state index is -1.20. The van der Waals surface area contributed by atoms with Crippen molar-refractivity contribution >= 4 is 51.9 Å². The normalized spacial score (nSPS) is 17.0. The zero-order chi connectivity index (χ0) is 40.0. The number of hydrogen-bond acceptors (Lipinski definition) is 10. The summed E-state index contributed by atoms with van der Waals surface area (Å²) < 4.78 is 0.775. The first-order valence-electron chi connectivity index (χ1n) is 20.5. The number of anilines is 4. The zero-order valence-electron chi connectivity index (χ0n) is 32.9. The summed E-state index contributed by atoms with van der Waals surface area (Å²) in [7, 11) is -1.20. The molecule has 12 heteroatoms. The van der Waals surface area contributed by atoms with E-state index in [0.29, 0.717) is 35.1 Å². The summed E-state index contributed by atoms with van der Waals surface area (Å²) in [5.74, 6) is 3.80. The van der Waals surface area contributed by atoms with Gasteiger partial charge < -0.3 is 33.0 Å². The largest absolute Gasteiger partial charge is 0.483 e. The topological polar surface area (TPSA) is 196 Å². The first-order valence-corrected chi connectivity index (χ1v) is 21.3. The Balaban J connectivity index is 0.000000158. The van der Waals surface area contributed by atoms with Gasteiger partial charge in [-0.05, 0) is 153 Å². The van der Waals surface area contributed by atoms with Crippen molar-refractivity contribution in [3.05, 3.63) is 112 Å². The number of halogens is 1. The van der Waals surface area contributed by atoms with E-state index in [-0.39, 0.29) is 0 Å². The minimum Gasteiger partial charge on any atom is -0.423 e. The van der Waals surface area contributed by atoms with E-state index in [1.54, 1.807) is 6.07 Å². The molecular weight excluding hydrogens is 763 g/mol. The average molecular weight is 826 g/mol. The number of rotatable bonds is 4. The number of nitrogens with two attached hydrogens (primary N) is 4. The highest BCUT2D eigenvalue weighted by atomic mass is 79.9. The van der Waals surface area contributed by atoms with Crippen LogP contribution in [-0.4, -0.2) is 37.1 Å². The van der Waals surface area contributed by atoms with Crippen molar-refractivity contribution in [2.45, 2.75) is 127 Å². The van der Waals surface area contributed by atoms with Crippen molar-refractivity contribution in [3.8, 4) is 0 Å². The molecule has 10 nitrogen and oxygen atoms in total. The van der Waals surface area contributed by atoms with Crippen LogP contribution in [0.4, 0.5) is 23.3 Å². The molecule has 0 amide bonds. The molecule has 300 valence electrons. The highest BCUT2D eigenvalue weighted by Crippen LogP contribution is 2.32. The number of pyridine rings is 4. The maximum absolute atomic E-state index is 8.66. The summed E-state index contributed by atoms with van der Waals surface area (Å²) in [6.07, 6.45) is 26.6. The molecule has 0 radical (unpaired) electrons. The van der Waals surface area contributed by atoms with Crippen molar-refractivity contribution in [1.29, 1.82) is 0 Å². The van der Waals surface area contributed by atoms with Gasteiger partial charge in [0, 0.05) is 23.2 Å². The van der Waals surface area contributed by atoms with E-state index in [1.807, 2.05) is 60.7 Å². The molecule has 10 N–H and O–H groups in total. The molecule has 0 spiro atoms. The zero-order valence-corrected chi connectivity index (χ0v) is 34.5. The third-order valence-electron chi connectivity index (χ3n) is 10.4. The van der Waals surface area contributed by atoms with Crippen LogP contribution in [0.3, 0.4) is 0 Å². The molecule has 2 saturated carbocycles. The molecule has 2 fully saturated rings. The Morgan fingerprint density at radius 2 is 0.964 bits per heavy atom. The van der Waals surface area contributed by atoms with Crippen molar-refractivity contribution in [1.82, 2.24) is 19.9 Å². The van der Waals surface area contributed by atoms with Crippen molar-refractivity contribution in [3.63, 3.8) is 0 Å². The minimum absolute atomic E-state index is 0.541. The van der Waals surface area contributed by atoms with Crippen molar-refractivity contribution in [2.24, 2.45) is 0 Å². The van der Waals surface area contributed by atoms with Crippen LogP contribution in [0.1, 0.15) is 144 Å². The van der Waals surface area contributed by atoms with Gasteiger partial charge in [0.05, 0.1) is 5.69 Å². The predicted octanol–water partition coefficient (Wildman–Crippen LogP) is 9.97. The van der Waals surface area contributed by atoms with Gasteiger partial charge in [-0.2, -0.15) is 0 Å². The molecule has 4 aromatic heterocycles. The van der Waals surface area contributed by atoms with E-state index in [4.69, 9.17) is 33.0 Å². The molecule has 4 heterocycles. The van der Waals surface area contributed by atoms with Gasteiger partial charge in [-0.1, -0.05) is 74.9 Å². The Morgan fingerprint density at radius 3 is 1.34 bits per heavy atom. The lowest BCUT2D eigenvalue weighted by Gasteiger charge is -2.20. The molecule has 8 rings (SSSR count). The fourth-order valence-corrected chi connectivity index (χ4v) is 7.77. The summed E-state index contributed by atoms with van der Waals surface area (Å²) >= 11 is 3.17. The fraction of sp³-hybridized carbons (Fsp3) is 0.455. The lowest BCUT2D eigenvalue weighted by Crippen LogP contribution is -2.16. The van der Waals surface area contributed by atoms with Gasteiger partial charge in [0.15, 0.2) is 0 Å². The van der Waals surface area contributed by atoms with Crippen LogP contribution in [0.5, 0.6) is 0 Å². The highest BCUT2D eigenvalue weighted by Gasteiger charge is 2.18. The Labute approximate surface area is 343 Å². The van der Waals surface area contributed by atoms with Gasteiger partial charge in [-0.3, -0.25) is 0 Å². The molecule has 0 aliphatic heterocycles. The number of nitrogens with zero attached hydrogens (tertiary/aromatic N) is 4. The van der Waals surface area contributed by atoms with Gasteiger partial charge in [-0.15, -0.1) is 0 Å². The third-order valence-corrected chi connectivity index (χ3v) is 10.9. The molecular formula is C44H62BBrN8O2.